The molecule has 3 rings (SSSR count). The van der Waals surface area contributed by atoms with Crippen molar-refractivity contribution < 1.29 is 13.9 Å². The lowest BCUT2D eigenvalue weighted by molar-refractivity contribution is 0.386. The number of benzene rings is 2. The zero-order valence-electron chi connectivity index (χ0n) is 13.9. The highest BCUT2D eigenvalue weighted by Crippen LogP contribution is 2.28. The van der Waals surface area contributed by atoms with Crippen LogP contribution in [0.5, 0.6) is 11.5 Å². The number of anilines is 1. The van der Waals surface area contributed by atoms with E-state index in [-0.39, 0.29) is 11.6 Å². The lowest BCUT2D eigenvalue weighted by Gasteiger charge is -2.12. The summed E-state index contributed by atoms with van der Waals surface area (Å²) in [6.45, 7) is 2.50. The highest BCUT2D eigenvalue weighted by Gasteiger charge is 2.07. The molecule has 0 radical (unpaired) electrons. The molecule has 0 saturated heterocycles. The number of fused-ring (bicyclic) bond motifs is 1. The first kappa shape index (κ1) is 16.1. The summed E-state index contributed by atoms with van der Waals surface area (Å²) in [5.41, 5.74) is 3.71. The lowest BCUT2D eigenvalue weighted by atomic mass is 10.1. The van der Waals surface area contributed by atoms with Crippen molar-refractivity contribution in [3.05, 3.63) is 59.5 Å². The predicted molar refractivity (Wildman–Crippen MR) is 93.3 cm³/mol. The molecule has 0 saturated carbocycles. The number of aromatic nitrogens is 1. The first-order valence-corrected chi connectivity index (χ1v) is 7.62. The van der Waals surface area contributed by atoms with Crippen LogP contribution in [0.15, 0.2) is 42.5 Å². The first-order valence-electron chi connectivity index (χ1n) is 7.62. The minimum absolute atomic E-state index is 0.242. The molecule has 1 aromatic heterocycles. The van der Waals surface area contributed by atoms with Crippen LogP contribution >= 0.6 is 0 Å². The summed E-state index contributed by atoms with van der Waals surface area (Å²) in [6, 6.07) is 12.6. The Morgan fingerprint density at radius 1 is 1.04 bits per heavy atom. The van der Waals surface area contributed by atoms with Crippen molar-refractivity contribution in [1.29, 1.82) is 0 Å². The molecule has 0 aliphatic carbocycles. The Bertz CT molecular complexity index is 881. The van der Waals surface area contributed by atoms with Gasteiger partial charge in [-0.3, -0.25) is 4.98 Å². The monoisotopic (exact) mass is 326 g/mol. The topological polar surface area (TPSA) is 43.4 Å². The third kappa shape index (κ3) is 3.25. The maximum absolute atomic E-state index is 13.5. The third-order valence-corrected chi connectivity index (χ3v) is 3.84. The number of hydrogen-bond donors (Lipinski definition) is 1. The summed E-state index contributed by atoms with van der Waals surface area (Å²) in [4.78, 5) is 4.54. The smallest absolute Gasteiger partial charge is 0.165 e. The summed E-state index contributed by atoms with van der Waals surface area (Å²) in [6.07, 6.45) is 0. The fourth-order valence-corrected chi connectivity index (χ4v) is 2.62. The van der Waals surface area contributed by atoms with Gasteiger partial charge >= 0.3 is 0 Å². The van der Waals surface area contributed by atoms with Gasteiger partial charge in [-0.2, -0.15) is 0 Å². The van der Waals surface area contributed by atoms with Crippen molar-refractivity contribution in [3.63, 3.8) is 0 Å². The van der Waals surface area contributed by atoms with Crippen LogP contribution in [0.1, 0.15) is 11.3 Å². The average molecular weight is 326 g/mol. The Morgan fingerprint density at radius 2 is 1.88 bits per heavy atom. The molecule has 4 nitrogen and oxygen atoms in total. The Hall–Kier alpha value is -2.82. The van der Waals surface area contributed by atoms with E-state index in [0.717, 1.165) is 33.6 Å². The lowest BCUT2D eigenvalue weighted by Crippen LogP contribution is -2.02. The predicted octanol–water partition coefficient (Wildman–Crippen LogP) is 4.31. The number of nitrogens with zero attached hydrogens (tertiary/aromatic N) is 1. The second-order valence-electron chi connectivity index (χ2n) is 5.52. The van der Waals surface area contributed by atoms with Crippen molar-refractivity contribution in [2.75, 3.05) is 19.5 Å². The summed E-state index contributed by atoms with van der Waals surface area (Å²) in [7, 11) is 3.10. The molecular formula is C19H19FN2O2. The highest BCUT2D eigenvalue weighted by molar-refractivity contribution is 5.92. The molecule has 5 heteroatoms. The third-order valence-electron chi connectivity index (χ3n) is 3.84. The quantitative estimate of drug-likeness (QED) is 0.759. The van der Waals surface area contributed by atoms with E-state index in [0.29, 0.717) is 6.54 Å². The molecule has 0 amide bonds. The fourth-order valence-electron chi connectivity index (χ4n) is 2.62. The van der Waals surface area contributed by atoms with Crippen LogP contribution < -0.4 is 14.8 Å². The summed E-state index contributed by atoms with van der Waals surface area (Å²) in [5, 5.41) is 4.37. The minimum Gasteiger partial charge on any atom is -0.497 e. The molecular weight excluding hydrogens is 307 g/mol. The largest absolute Gasteiger partial charge is 0.497 e. The van der Waals surface area contributed by atoms with Crippen LogP contribution in [0.4, 0.5) is 10.1 Å². The standard InChI is InChI=1S/C19H19FN2O2/c1-12-8-18(15-10-14(23-2)5-7-17(15)22-12)21-11-13-4-6-16(20)19(9-13)24-3/h4-10H,11H2,1-3H3,(H,21,22). The van der Waals surface area contributed by atoms with Crippen molar-refractivity contribution in [2.45, 2.75) is 13.5 Å². The van der Waals surface area contributed by atoms with E-state index in [1.165, 1.54) is 13.2 Å². The van der Waals surface area contributed by atoms with Crippen LogP contribution in [0.25, 0.3) is 10.9 Å². The number of hydrogen-bond acceptors (Lipinski definition) is 4. The Kier molecular flexibility index (Phi) is 4.51. The van der Waals surface area contributed by atoms with Gasteiger partial charge in [0.2, 0.25) is 0 Å². The number of rotatable bonds is 5. The van der Waals surface area contributed by atoms with Gasteiger partial charge in [-0.15, -0.1) is 0 Å². The molecule has 24 heavy (non-hydrogen) atoms. The number of ether oxygens (including phenoxy) is 2. The van der Waals surface area contributed by atoms with Gasteiger partial charge in [-0.1, -0.05) is 6.07 Å². The Morgan fingerprint density at radius 3 is 2.62 bits per heavy atom. The number of pyridine rings is 1. The summed E-state index contributed by atoms with van der Waals surface area (Å²) in [5.74, 6) is 0.655. The zero-order valence-corrected chi connectivity index (χ0v) is 13.9. The van der Waals surface area contributed by atoms with E-state index in [1.54, 1.807) is 19.2 Å². The molecule has 0 unspecified atom stereocenters. The second kappa shape index (κ2) is 6.74. The molecule has 0 aliphatic rings. The van der Waals surface area contributed by atoms with Gasteiger partial charge < -0.3 is 14.8 Å². The Balaban J connectivity index is 1.92. The molecule has 0 spiro atoms. The van der Waals surface area contributed by atoms with Crippen molar-refractivity contribution in [1.82, 2.24) is 4.98 Å². The molecule has 0 atom stereocenters. The van der Waals surface area contributed by atoms with Gasteiger partial charge in [-0.25, -0.2) is 4.39 Å². The molecule has 0 fully saturated rings. The first-order chi connectivity index (χ1) is 11.6. The van der Waals surface area contributed by atoms with Crippen molar-refractivity contribution >= 4 is 16.6 Å². The van der Waals surface area contributed by atoms with E-state index in [9.17, 15) is 4.39 Å². The maximum atomic E-state index is 13.5. The van der Waals surface area contributed by atoms with Gasteiger partial charge in [0.25, 0.3) is 0 Å². The van der Waals surface area contributed by atoms with E-state index in [4.69, 9.17) is 9.47 Å². The van der Waals surface area contributed by atoms with Gasteiger partial charge in [0.1, 0.15) is 5.75 Å². The Labute approximate surface area is 140 Å². The van der Waals surface area contributed by atoms with Crippen molar-refractivity contribution in [3.8, 4) is 11.5 Å². The normalized spacial score (nSPS) is 10.7. The SMILES string of the molecule is COc1ccc2nc(C)cc(NCc3ccc(F)c(OC)c3)c2c1. The number of methoxy groups -OCH3 is 2. The van der Waals surface area contributed by atoms with Crippen LogP contribution in [-0.4, -0.2) is 19.2 Å². The van der Waals surface area contributed by atoms with Gasteiger partial charge in [0.15, 0.2) is 11.6 Å². The van der Waals surface area contributed by atoms with E-state index in [2.05, 4.69) is 10.3 Å². The van der Waals surface area contributed by atoms with Gasteiger partial charge in [-0.05, 0) is 48.9 Å². The van der Waals surface area contributed by atoms with Crippen LogP contribution in [0.2, 0.25) is 0 Å². The number of aryl methyl sites for hydroxylation is 1. The summed E-state index contributed by atoms with van der Waals surface area (Å²) < 4.78 is 23.8. The number of nitrogens with one attached hydrogen (secondary N) is 1. The van der Waals surface area contributed by atoms with E-state index in [1.807, 2.05) is 31.2 Å². The van der Waals surface area contributed by atoms with E-state index < -0.39 is 0 Å². The number of halogens is 1. The molecule has 0 aliphatic heterocycles. The van der Waals surface area contributed by atoms with Crippen molar-refractivity contribution in [2.24, 2.45) is 0 Å². The van der Waals surface area contributed by atoms with Crippen LogP contribution in [0.3, 0.4) is 0 Å². The average Bonchev–Trinajstić information content (AvgIpc) is 2.60. The summed E-state index contributed by atoms with van der Waals surface area (Å²) >= 11 is 0. The van der Waals surface area contributed by atoms with Gasteiger partial charge in [0, 0.05) is 23.3 Å². The molecule has 124 valence electrons. The fraction of sp³-hybridized carbons (Fsp3) is 0.211. The molecule has 2 aromatic carbocycles. The van der Waals surface area contributed by atoms with Gasteiger partial charge in [0.05, 0.1) is 19.7 Å². The molecule has 3 aromatic rings. The molecule has 0 bridgehead atoms. The highest BCUT2D eigenvalue weighted by atomic mass is 19.1. The zero-order chi connectivity index (χ0) is 17.1. The molecule has 1 N–H and O–H groups in total. The molecule has 1 heterocycles. The maximum Gasteiger partial charge on any atom is 0.165 e. The second-order valence-corrected chi connectivity index (χ2v) is 5.52. The minimum atomic E-state index is -0.365. The van der Waals surface area contributed by atoms with Crippen LogP contribution in [-0.2, 0) is 6.54 Å². The van der Waals surface area contributed by atoms with Crippen LogP contribution in [0, 0.1) is 12.7 Å². The van der Waals surface area contributed by atoms with E-state index >= 15 is 0 Å².